The molecule has 1 fully saturated rings. The Balaban J connectivity index is 1.60. The summed E-state index contributed by atoms with van der Waals surface area (Å²) < 4.78 is 27.6. The monoisotopic (exact) mass is 412 g/mol. The molecule has 2 aromatic carbocycles. The number of nitrogens with zero attached hydrogens (tertiary/aromatic N) is 2. The van der Waals surface area contributed by atoms with Gasteiger partial charge in [-0.15, -0.1) is 0 Å². The van der Waals surface area contributed by atoms with Gasteiger partial charge in [-0.1, -0.05) is 31.0 Å². The fourth-order valence-corrected chi connectivity index (χ4v) is 3.80. The van der Waals surface area contributed by atoms with Crippen molar-refractivity contribution in [3.05, 3.63) is 70.0 Å². The minimum Gasteiger partial charge on any atom is -0.354 e. The van der Waals surface area contributed by atoms with Crippen LogP contribution in [0.25, 0.3) is 10.9 Å². The highest BCUT2D eigenvalue weighted by atomic mass is 19.2. The van der Waals surface area contributed by atoms with E-state index in [4.69, 9.17) is 0 Å². The van der Waals surface area contributed by atoms with E-state index >= 15 is 0 Å². The Hall–Kier alpha value is -3.29. The molecule has 6 nitrogen and oxygen atoms in total. The SMILES string of the molecule is O=C(Cc1ccc(F)c(F)c1)Nn1c(NCC2CCCC2)nc2ccccc2c1=O. The minimum absolute atomic E-state index is 0.210. The van der Waals surface area contributed by atoms with Gasteiger partial charge in [0.25, 0.3) is 5.56 Å². The third kappa shape index (κ3) is 4.32. The number of halogens is 2. The van der Waals surface area contributed by atoms with Crippen molar-refractivity contribution < 1.29 is 13.6 Å². The number of anilines is 1. The molecule has 1 aliphatic rings. The number of para-hydroxylation sites is 1. The van der Waals surface area contributed by atoms with Crippen LogP contribution in [0.15, 0.2) is 47.3 Å². The van der Waals surface area contributed by atoms with E-state index in [2.05, 4.69) is 15.7 Å². The van der Waals surface area contributed by atoms with Crippen molar-refractivity contribution in [2.75, 3.05) is 17.3 Å². The van der Waals surface area contributed by atoms with Crippen LogP contribution in [-0.4, -0.2) is 22.1 Å². The first-order valence-electron chi connectivity index (χ1n) is 10.0. The van der Waals surface area contributed by atoms with E-state index in [0.29, 0.717) is 28.9 Å². The molecule has 1 amide bonds. The third-order valence-corrected chi connectivity index (χ3v) is 5.38. The molecule has 0 saturated heterocycles. The molecule has 0 unspecified atom stereocenters. The average Bonchev–Trinajstić information content (AvgIpc) is 3.25. The summed E-state index contributed by atoms with van der Waals surface area (Å²) in [5.74, 6) is -1.79. The first-order valence-corrected chi connectivity index (χ1v) is 10.0. The molecule has 2 N–H and O–H groups in total. The maximum atomic E-state index is 13.4. The Kier molecular flexibility index (Phi) is 5.74. The van der Waals surface area contributed by atoms with Crippen molar-refractivity contribution in [1.29, 1.82) is 0 Å². The van der Waals surface area contributed by atoms with E-state index in [1.807, 2.05) is 0 Å². The van der Waals surface area contributed by atoms with E-state index in [9.17, 15) is 18.4 Å². The van der Waals surface area contributed by atoms with Crippen LogP contribution in [0, 0.1) is 17.6 Å². The number of hydrogen-bond acceptors (Lipinski definition) is 4. The first kappa shape index (κ1) is 20.0. The summed E-state index contributed by atoms with van der Waals surface area (Å²) in [4.78, 5) is 30.0. The van der Waals surface area contributed by atoms with Gasteiger partial charge in [0.2, 0.25) is 11.9 Å². The van der Waals surface area contributed by atoms with Crippen LogP contribution < -0.4 is 16.3 Å². The second-order valence-corrected chi connectivity index (χ2v) is 7.58. The van der Waals surface area contributed by atoms with Crippen molar-refractivity contribution in [3.63, 3.8) is 0 Å². The summed E-state index contributed by atoms with van der Waals surface area (Å²) in [6.07, 6.45) is 4.41. The smallest absolute Gasteiger partial charge is 0.281 e. The number of hydrogen-bond donors (Lipinski definition) is 2. The number of rotatable bonds is 6. The number of benzene rings is 2. The molecule has 0 radical (unpaired) electrons. The van der Waals surface area contributed by atoms with Crippen molar-refractivity contribution in [3.8, 4) is 0 Å². The summed E-state index contributed by atoms with van der Waals surface area (Å²) in [7, 11) is 0. The number of nitrogens with one attached hydrogen (secondary N) is 2. The maximum Gasteiger partial charge on any atom is 0.281 e. The van der Waals surface area contributed by atoms with Crippen LogP contribution in [0.2, 0.25) is 0 Å². The Morgan fingerprint density at radius 2 is 1.87 bits per heavy atom. The molecule has 1 heterocycles. The average molecular weight is 412 g/mol. The van der Waals surface area contributed by atoms with Gasteiger partial charge in [-0.25, -0.2) is 13.8 Å². The fourth-order valence-electron chi connectivity index (χ4n) is 3.80. The number of amides is 1. The maximum absolute atomic E-state index is 13.4. The molecule has 0 spiro atoms. The third-order valence-electron chi connectivity index (χ3n) is 5.38. The van der Waals surface area contributed by atoms with Crippen LogP contribution in [0.5, 0.6) is 0 Å². The summed E-state index contributed by atoms with van der Waals surface area (Å²) in [5, 5.41) is 3.57. The number of fused-ring (bicyclic) bond motifs is 1. The molecule has 0 atom stereocenters. The van der Waals surface area contributed by atoms with E-state index in [0.717, 1.165) is 29.7 Å². The Morgan fingerprint density at radius 3 is 2.63 bits per heavy atom. The molecule has 1 saturated carbocycles. The topological polar surface area (TPSA) is 76.0 Å². The van der Waals surface area contributed by atoms with Crippen molar-refractivity contribution in [2.45, 2.75) is 32.1 Å². The Morgan fingerprint density at radius 1 is 1.10 bits per heavy atom. The van der Waals surface area contributed by atoms with E-state index < -0.39 is 23.1 Å². The van der Waals surface area contributed by atoms with Gasteiger partial charge in [-0.2, -0.15) is 4.68 Å². The fraction of sp³-hybridized carbons (Fsp3) is 0.318. The Bertz CT molecular complexity index is 1140. The first-order chi connectivity index (χ1) is 14.5. The van der Waals surface area contributed by atoms with Gasteiger partial charge in [0.15, 0.2) is 11.6 Å². The van der Waals surface area contributed by atoms with Gasteiger partial charge in [0, 0.05) is 6.54 Å². The lowest BCUT2D eigenvalue weighted by Gasteiger charge is -2.17. The lowest BCUT2D eigenvalue weighted by atomic mass is 10.1. The number of carbonyl (C=O) groups excluding carboxylic acids is 1. The van der Waals surface area contributed by atoms with Crippen LogP contribution >= 0.6 is 0 Å². The van der Waals surface area contributed by atoms with Crippen molar-refractivity contribution in [1.82, 2.24) is 9.66 Å². The highest BCUT2D eigenvalue weighted by Crippen LogP contribution is 2.24. The molecule has 1 aliphatic carbocycles. The van der Waals surface area contributed by atoms with Crippen LogP contribution in [0.1, 0.15) is 31.2 Å². The zero-order valence-electron chi connectivity index (χ0n) is 16.3. The highest BCUT2D eigenvalue weighted by Gasteiger charge is 2.18. The lowest BCUT2D eigenvalue weighted by molar-refractivity contribution is -0.116. The predicted molar refractivity (Wildman–Crippen MR) is 111 cm³/mol. The molecule has 3 aromatic rings. The van der Waals surface area contributed by atoms with Gasteiger partial charge in [-0.05, 0) is 48.6 Å². The standard InChI is InChI=1S/C22H22F2N4O2/c23-17-10-9-15(11-18(17)24)12-20(29)27-28-21(30)16-7-3-4-8-19(16)26-22(28)25-13-14-5-1-2-6-14/h3-4,7-11,14H,1-2,5-6,12-13H2,(H,25,26)(H,27,29). The van der Waals surface area contributed by atoms with E-state index in [1.54, 1.807) is 24.3 Å². The van der Waals surface area contributed by atoms with Crippen molar-refractivity contribution in [2.24, 2.45) is 5.92 Å². The number of aromatic nitrogens is 2. The van der Waals surface area contributed by atoms with Gasteiger partial charge >= 0.3 is 0 Å². The predicted octanol–water partition coefficient (Wildman–Crippen LogP) is 3.59. The summed E-state index contributed by atoms with van der Waals surface area (Å²) >= 11 is 0. The number of carbonyl (C=O) groups is 1. The van der Waals surface area contributed by atoms with E-state index in [-0.39, 0.29) is 12.4 Å². The molecule has 4 rings (SSSR count). The van der Waals surface area contributed by atoms with Crippen LogP contribution in [0.3, 0.4) is 0 Å². The lowest BCUT2D eigenvalue weighted by Crippen LogP contribution is -2.37. The van der Waals surface area contributed by atoms with Crippen molar-refractivity contribution >= 4 is 22.8 Å². The van der Waals surface area contributed by atoms with E-state index in [1.165, 1.54) is 18.9 Å². The summed E-state index contributed by atoms with van der Waals surface area (Å²) in [6, 6.07) is 10.2. The molecular weight excluding hydrogens is 390 g/mol. The Labute approximate surface area is 171 Å². The van der Waals surface area contributed by atoms with Gasteiger partial charge in [-0.3, -0.25) is 15.0 Å². The molecule has 0 bridgehead atoms. The summed E-state index contributed by atoms with van der Waals surface area (Å²) in [6.45, 7) is 0.657. The zero-order valence-corrected chi connectivity index (χ0v) is 16.3. The van der Waals surface area contributed by atoms with Gasteiger partial charge in [0.05, 0.1) is 17.3 Å². The second-order valence-electron chi connectivity index (χ2n) is 7.58. The molecule has 0 aliphatic heterocycles. The summed E-state index contributed by atoms with van der Waals surface area (Å²) in [5.41, 5.74) is 2.97. The van der Waals surface area contributed by atoms with Crippen LogP contribution in [0.4, 0.5) is 14.7 Å². The largest absolute Gasteiger partial charge is 0.354 e. The zero-order chi connectivity index (χ0) is 21.1. The van der Waals surface area contributed by atoms with Gasteiger partial charge < -0.3 is 5.32 Å². The quantitative estimate of drug-likeness (QED) is 0.649. The molecular formula is C22H22F2N4O2. The molecule has 156 valence electrons. The van der Waals surface area contributed by atoms with Gasteiger partial charge in [0.1, 0.15) is 0 Å². The molecule has 1 aromatic heterocycles. The normalized spacial score (nSPS) is 14.2. The molecule has 8 heteroatoms. The minimum atomic E-state index is -1.02. The molecule has 30 heavy (non-hydrogen) atoms. The highest BCUT2D eigenvalue weighted by molar-refractivity contribution is 5.87. The second kappa shape index (κ2) is 8.61. The van der Waals surface area contributed by atoms with Crippen LogP contribution in [-0.2, 0) is 11.2 Å².